The zero-order valence-corrected chi connectivity index (χ0v) is 13.1. The minimum Gasteiger partial charge on any atom is -0.384 e. The first-order chi connectivity index (χ1) is 11.4. The Balaban J connectivity index is 0.000000130. The maximum atomic E-state index is 3.44. The molecular weight excluding hydrogens is 282 g/mol. The van der Waals surface area contributed by atoms with Crippen LogP contribution in [0.15, 0.2) is 60.7 Å². The average molecular weight is 303 g/mol. The monoisotopic (exact) mass is 303 g/mol. The van der Waals surface area contributed by atoms with Gasteiger partial charge in [0.1, 0.15) is 0 Å². The Labute approximate surface area is 136 Å². The summed E-state index contributed by atoms with van der Waals surface area (Å²) in [6.45, 7) is 3.12. The van der Waals surface area contributed by atoms with E-state index in [0.717, 1.165) is 19.6 Å². The van der Waals surface area contributed by atoms with E-state index in [9.17, 15) is 0 Å². The zero-order chi connectivity index (χ0) is 15.5. The fraction of sp³-hybridized carbons (Fsp3) is 0.200. The maximum absolute atomic E-state index is 3.44. The molecule has 0 spiro atoms. The molecule has 0 amide bonds. The molecule has 3 N–H and O–H groups in total. The number of hydrogen-bond acceptors (Lipinski definition) is 3. The molecule has 2 heterocycles. The summed E-state index contributed by atoms with van der Waals surface area (Å²) in [5.41, 5.74) is 5.24. The van der Waals surface area contributed by atoms with E-state index in [4.69, 9.17) is 0 Å². The van der Waals surface area contributed by atoms with E-state index >= 15 is 0 Å². The SMILES string of the molecule is c1ccc2c(c1)CCN2.c1ccc2c3c(ccc2c1)NCCN3. The molecule has 0 radical (unpaired) electrons. The average Bonchev–Trinajstić information content (AvgIpc) is 3.11. The third-order valence-electron chi connectivity index (χ3n) is 4.40. The third-order valence-corrected chi connectivity index (χ3v) is 4.40. The Morgan fingerprint density at radius 2 is 1.39 bits per heavy atom. The smallest absolute Gasteiger partial charge is 0.0656 e. The summed E-state index contributed by atoms with van der Waals surface area (Å²) in [4.78, 5) is 0. The van der Waals surface area contributed by atoms with Gasteiger partial charge in [-0.1, -0.05) is 48.5 Å². The zero-order valence-electron chi connectivity index (χ0n) is 13.1. The first kappa shape index (κ1) is 13.9. The summed E-state index contributed by atoms with van der Waals surface area (Å²) in [5.74, 6) is 0. The molecule has 0 bridgehead atoms. The molecule has 2 aliphatic heterocycles. The molecule has 0 fully saturated rings. The summed E-state index contributed by atoms with van der Waals surface area (Å²) in [5, 5.41) is 12.7. The van der Waals surface area contributed by atoms with E-state index in [1.807, 2.05) is 0 Å². The van der Waals surface area contributed by atoms with Gasteiger partial charge in [0.25, 0.3) is 0 Å². The highest BCUT2D eigenvalue weighted by molar-refractivity contribution is 6.00. The van der Waals surface area contributed by atoms with Crippen molar-refractivity contribution in [1.82, 2.24) is 0 Å². The molecule has 3 aromatic carbocycles. The van der Waals surface area contributed by atoms with Crippen molar-refractivity contribution in [3.8, 4) is 0 Å². The van der Waals surface area contributed by atoms with Gasteiger partial charge in [0.15, 0.2) is 0 Å². The van der Waals surface area contributed by atoms with Crippen LogP contribution < -0.4 is 16.0 Å². The fourth-order valence-electron chi connectivity index (χ4n) is 3.24. The van der Waals surface area contributed by atoms with Crippen molar-refractivity contribution in [2.45, 2.75) is 6.42 Å². The molecule has 116 valence electrons. The number of rotatable bonds is 0. The normalized spacial score (nSPS) is 14.4. The second-order valence-corrected chi connectivity index (χ2v) is 5.90. The summed E-state index contributed by atoms with van der Waals surface area (Å²) >= 11 is 0. The van der Waals surface area contributed by atoms with Crippen LogP contribution in [0.3, 0.4) is 0 Å². The standard InChI is InChI=1S/C12H12N2.C8H9N/c1-2-4-10-9(3-1)5-6-11-12(10)14-8-7-13-11;1-2-4-8-7(3-1)5-6-9-8/h1-6,13-14H,7-8H2;1-4,9H,5-6H2. The summed E-state index contributed by atoms with van der Waals surface area (Å²) < 4.78 is 0. The second-order valence-electron chi connectivity index (χ2n) is 5.90. The van der Waals surface area contributed by atoms with E-state index in [-0.39, 0.29) is 0 Å². The highest BCUT2D eigenvalue weighted by Crippen LogP contribution is 2.32. The highest BCUT2D eigenvalue weighted by Gasteiger charge is 2.09. The predicted molar refractivity (Wildman–Crippen MR) is 99.6 cm³/mol. The van der Waals surface area contributed by atoms with Crippen molar-refractivity contribution < 1.29 is 0 Å². The van der Waals surface area contributed by atoms with Crippen LogP contribution in [0.4, 0.5) is 17.1 Å². The molecule has 3 nitrogen and oxygen atoms in total. The van der Waals surface area contributed by atoms with Gasteiger partial charge in [-0.3, -0.25) is 0 Å². The molecule has 3 heteroatoms. The summed E-state index contributed by atoms with van der Waals surface area (Å²) in [7, 11) is 0. The molecule has 0 saturated heterocycles. The van der Waals surface area contributed by atoms with Crippen molar-refractivity contribution >= 4 is 27.8 Å². The van der Waals surface area contributed by atoms with Crippen LogP contribution in [-0.4, -0.2) is 19.6 Å². The third kappa shape index (κ3) is 2.82. The Kier molecular flexibility index (Phi) is 3.76. The van der Waals surface area contributed by atoms with Gasteiger partial charge in [0.05, 0.1) is 11.4 Å². The lowest BCUT2D eigenvalue weighted by Crippen LogP contribution is -2.20. The minimum absolute atomic E-state index is 1.00. The number of fused-ring (bicyclic) bond motifs is 4. The van der Waals surface area contributed by atoms with Gasteiger partial charge in [-0.2, -0.15) is 0 Å². The number of para-hydroxylation sites is 1. The van der Waals surface area contributed by atoms with Gasteiger partial charge in [0, 0.05) is 30.7 Å². The van der Waals surface area contributed by atoms with Gasteiger partial charge in [-0.15, -0.1) is 0 Å². The van der Waals surface area contributed by atoms with Crippen LogP contribution in [0.5, 0.6) is 0 Å². The topological polar surface area (TPSA) is 36.1 Å². The molecule has 5 rings (SSSR count). The van der Waals surface area contributed by atoms with Crippen LogP contribution in [0, 0.1) is 0 Å². The van der Waals surface area contributed by atoms with E-state index in [2.05, 4.69) is 76.6 Å². The van der Waals surface area contributed by atoms with Crippen LogP contribution in [0.1, 0.15) is 5.56 Å². The van der Waals surface area contributed by atoms with Crippen LogP contribution in [0.25, 0.3) is 10.8 Å². The first-order valence-electron chi connectivity index (χ1n) is 8.23. The Morgan fingerprint density at radius 3 is 2.35 bits per heavy atom. The van der Waals surface area contributed by atoms with E-state index in [1.165, 1.54) is 39.8 Å². The molecular formula is C20H21N3. The Morgan fingerprint density at radius 1 is 0.609 bits per heavy atom. The van der Waals surface area contributed by atoms with Crippen molar-refractivity contribution in [2.24, 2.45) is 0 Å². The number of nitrogens with one attached hydrogen (secondary N) is 3. The van der Waals surface area contributed by atoms with Crippen molar-refractivity contribution in [3.63, 3.8) is 0 Å². The van der Waals surface area contributed by atoms with Gasteiger partial charge in [0.2, 0.25) is 0 Å². The van der Waals surface area contributed by atoms with Crippen LogP contribution in [-0.2, 0) is 6.42 Å². The van der Waals surface area contributed by atoms with Crippen molar-refractivity contribution in [1.29, 1.82) is 0 Å². The fourth-order valence-corrected chi connectivity index (χ4v) is 3.24. The summed E-state index contributed by atoms with van der Waals surface area (Å²) in [6.07, 6.45) is 1.19. The lowest BCUT2D eigenvalue weighted by atomic mass is 10.1. The quantitative estimate of drug-likeness (QED) is 0.578. The summed E-state index contributed by atoms with van der Waals surface area (Å²) in [6, 6.07) is 21.2. The van der Waals surface area contributed by atoms with Crippen LogP contribution in [0.2, 0.25) is 0 Å². The lowest BCUT2D eigenvalue weighted by molar-refractivity contribution is 1.05. The van der Waals surface area contributed by atoms with E-state index < -0.39 is 0 Å². The highest BCUT2D eigenvalue weighted by atomic mass is 15.0. The van der Waals surface area contributed by atoms with Gasteiger partial charge >= 0.3 is 0 Å². The maximum Gasteiger partial charge on any atom is 0.0656 e. The minimum atomic E-state index is 1.00. The molecule has 23 heavy (non-hydrogen) atoms. The Hall–Kier alpha value is -2.68. The van der Waals surface area contributed by atoms with Crippen LogP contribution >= 0.6 is 0 Å². The first-order valence-corrected chi connectivity index (χ1v) is 8.23. The molecule has 0 aromatic heterocycles. The van der Waals surface area contributed by atoms with Gasteiger partial charge in [-0.25, -0.2) is 0 Å². The van der Waals surface area contributed by atoms with Crippen molar-refractivity contribution in [2.75, 3.05) is 35.6 Å². The Bertz CT molecular complexity index is 803. The number of benzene rings is 3. The van der Waals surface area contributed by atoms with Crippen molar-refractivity contribution in [3.05, 3.63) is 66.2 Å². The van der Waals surface area contributed by atoms with E-state index in [1.54, 1.807) is 0 Å². The predicted octanol–water partition coefficient (Wildman–Crippen LogP) is 4.33. The van der Waals surface area contributed by atoms with E-state index in [0.29, 0.717) is 0 Å². The molecule has 0 atom stereocenters. The molecule has 0 saturated carbocycles. The number of hydrogen-bond donors (Lipinski definition) is 3. The largest absolute Gasteiger partial charge is 0.384 e. The molecule has 0 unspecified atom stereocenters. The molecule has 3 aromatic rings. The second kappa shape index (κ2) is 6.21. The lowest BCUT2D eigenvalue weighted by Gasteiger charge is -2.21. The number of anilines is 3. The van der Waals surface area contributed by atoms with Gasteiger partial charge in [-0.05, 0) is 29.5 Å². The molecule has 2 aliphatic rings. The molecule has 0 aliphatic carbocycles. The van der Waals surface area contributed by atoms with Gasteiger partial charge < -0.3 is 16.0 Å².